The third-order valence-electron chi connectivity index (χ3n) is 1.26. The average Bonchev–Trinajstić information content (AvgIpc) is 2.17. The smallest absolute Gasteiger partial charge is 0.339 e. The zero-order valence-electron chi connectivity index (χ0n) is 5.88. The number of fused-ring (bicyclic) bond motifs is 1. The number of hydrogen-bond acceptors (Lipinski definition) is 5. The van der Waals surface area contributed by atoms with Crippen LogP contribution in [-0.4, -0.2) is 13.5 Å². The van der Waals surface area contributed by atoms with E-state index in [4.69, 9.17) is 0 Å². The molecule has 2 rings (SSSR count). The summed E-state index contributed by atoms with van der Waals surface area (Å²) in [4.78, 5) is 0. The zero-order valence-corrected chi connectivity index (χ0v) is 6.69. The van der Waals surface area contributed by atoms with E-state index in [0.717, 1.165) is 5.06 Å². The highest BCUT2D eigenvalue weighted by Crippen LogP contribution is 2.23. The maximum Gasteiger partial charge on any atom is 0.472 e. The van der Waals surface area contributed by atoms with Gasteiger partial charge in [-0.05, 0) is 6.08 Å². The van der Waals surface area contributed by atoms with Crippen molar-refractivity contribution in [1.29, 1.82) is 0 Å². The van der Waals surface area contributed by atoms with Gasteiger partial charge in [0.1, 0.15) is 0 Å². The van der Waals surface area contributed by atoms with E-state index in [9.17, 15) is 8.42 Å². The first-order valence-electron chi connectivity index (χ1n) is 3.16. The fourth-order valence-electron chi connectivity index (χ4n) is 0.821. The summed E-state index contributed by atoms with van der Waals surface area (Å²) in [5.74, 6) is 0.139. The minimum absolute atomic E-state index is 0.139. The SMILES string of the molecule is O=S1(=O)OC2=CC=CC=CN2O1. The van der Waals surface area contributed by atoms with Crippen molar-refractivity contribution in [3.05, 3.63) is 36.4 Å². The van der Waals surface area contributed by atoms with Gasteiger partial charge in [0.2, 0.25) is 5.88 Å². The van der Waals surface area contributed by atoms with Gasteiger partial charge >= 0.3 is 10.4 Å². The Balaban J connectivity index is 2.40. The van der Waals surface area contributed by atoms with Crippen molar-refractivity contribution in [3.63, 3.8) is 0 Å². The van der Waals surface area contributed by atoms with Gasteiger partial charge in [-0.3, -0.25) is 0 Å². The van der Waals surface area contributed by atoms with Crippen LogP contribution in [0.25, 0.3) is 0 Å². The molecule has 2 aliphatic rings. The van der Waals surface area contributed by atoms with Crippen LogP contribution in [0.15, 0.2) is 36.4 Å². The molecule has 0 aliphatic carbocycles. The van der Waals surface area contributed by atoms with Gasteiger partial charge in [-0.2, -0.15) is 13.5 Å². The first kappa shape index (κ1) is 7.38. The molecule has 1 saturated heterocycles. The molecule has 0 radical (unpaired) electrons. The first-order chi connectivity index (χ1) is 5.67. The van der Waals surface area contributed by atoms with Gasteiger partial charge in [0.05, 0.1) is 0 Å². The molecule has 2 aliphatic heterocycles. The summed E-state index contributed by atoms with van der Waals surface area (Å²) in [7, 11) is -3.87. The highest BCUT2D eigenvalue weighted by Gasteiger charge is 2.32. The van der Waals surface area contributed by atoms with Gasteiger partial charge in [0, 0.05) is 12.3 Å². The van der Waals surface area contributed by atoms with Crippen LogP contribution in [0.2, 0.25) is 0 Å². The topological polar surface area (TPSA) is 55.8 Å². The third kappa shape index (κ3) is 1.21. The zero-order chi connectivity index (χ0) is 8.60. The summed E-state index contributed by atoms with van der Waals surface area (Å²) in [6.45, 7) is 0. The summed E-state index contributed by atoms with van der Waals surface area (Å²) in [5.41, 5.74) is 0. The number of nitrogens with zero attached hydrogens (tertiary/aromatic N) is 1. The predicted molar refractivity (Wildman–Crippen MR) is 39.3 cm³/mol. The molecule has 0 unspecified atom stereocenters. The van der Waals surface area contributed by atoms with E-state index in [-0.39, 0.29) is 5.88 Å². The van der Waals surface area contributed by atoms with E-state index < -0.39 is 10.4 Å². The Bertz CT molecular complexity index is 378. The molecule has 0 amide bonds. The third-order valence-corrected chi connectivity index (χ3v) is 1.98. The summed E-state index contributed by atoms with van der Waals surface area (Å²) in [6.07, 6.45) is 7.94. The molecule has 0 aromatic carbocycles. The Morgan fingerprint density at radius 2 is 2.08 bits per heavy atom. The van der Waals surface area contributed by atoms with Gasteiger partial charge < -0.3 is 4.18 Å². The molecular formula is C6H5NO4S. The lowest BCUT2D eigenvalue weighted by atomic mass is 10.5. The maximum atomic E-state index is 10.7. The van der Waals surface area contributed by atoms with Crippen molar-refractivity contribution in [1.82, 2.24) is 5.06 Å². The molecule has 0 N–H and O–H groups in total. The van der Waals surface area contributed by atoms with Crippen molar-refractivity contribution < 1.29 is 16.9 Å². The second-order valence-corrected chi connectivity index (χ2v) is 3.26. The number of allylic oxidation sites excluding steroid dienone is 4. The van der Waals surface area contributed by atoms with E-state index in [1.54, 1.807) is 18.2 Å². The Kier molecular flexibility index (Phi) is 1.45. The minimum Gasteiger partial charge on any atom is -0.339 e. The van der Waals surface area contributed by atoms with Crippen LogP contribution in [0.4, 0.5) is 0 Å². The molecule has 0 bridgehead atoms. The quantitative estimate of drug-likeness (QED) is 0.550. The highest BCUT2D eigenvalue weighted by atomic mass is 32.3. The second kappa shape index (κ2) is 2.36. The van der Waals surface area contributed by atoms with E-state index in [1.807, 2.05) is 0 Å². The fraction of sp³-hybridized carbons (Fsp3) is 0. The van der Waals surface area contributed by atoms with Crippen LogP contribution in [0.1, 0.15) is 0 Å². The molecule has 0 saturated carbocycles. The molecule has 0 aromatic heterocycles. The summed E-state index contributed by atoms with van der Waals surface area (Å²) < 4.78 is 30.3. The van der Waals surface area contributed by atoms with Crippen molar-refractivity contribution in [2.75, 3.05) is 0 Å². The molecule has 5 nitrogen and oxygen atoms in total. The van der Waals surface area contributed by atoms with Gasteiger partial charge in [-0.25, -0.2) is 0 Å². The molecule has 6 heteroatoms. The lowest BCUT2D eigenvalue weighted by Gasteiger charge is -2.02. The molecular weight excluding hydrogens is 182 g/mol. The average molecular weight is 187 g/mol. The predicted octanol–water partition coefficient (Wildman–Crippen LogP) is 0.420. The van der Waals surface area contributed by atoms with Crippen LogP contribution >= 0.6 is 0 Å². The standard InChI is InChI=1S/C6H5NO4S/c8-12(9)10-6-4-2-1-3-5-7(6)11-12/h1-5H. The lowest BCUT2D eigenvalue weighted by molar-refractivity contribution is 0.0541. The molecule has 0 atom stereocenters. The fourth-order valence-corrected chi connectivity index (χ4v) is 1.51. The van der Waals surface area contributed by atoms with Gasteiger partial charge in [-0.1, -0.05) is 12.2 Å². The molecule has 64 valence electrons. The number of rotatable bonds is 0. The summed E-state index contributed by atoms with van der Waals surface area (Å²) in [6, 6.07) is 0. The molecule has 0 spiro atoms. The van der Waals surface area contributed by atoms with Crippen molar-refractivity contribution >= 4 is 10.4 Å². The Morgan fingerprint density at radius 3 is 2.92 bits per heavy atom. The van der Waals surface area contributed by atoms with Crippen LogP contribution in [0.5, 0.6) is 0 Å². The Labute approximate surface area is 69.5 Å². The largest absolute Gasteiger partial charge is 0.472 e. The number of hydrogen-bond donors (Lipinski definition) is 0. The highest BCUT2D eigenvalue weighted by molar-refractivity contribution is 7.82. The summed E-state index contributed by atoms with van der Waals surface area (Å²) in [5, 5.41) is 1.04. The van der Waals surface area contributed by atoms with Crippen molar-refractivity contribution in [2.45, 2.75) is 0 Å². The van der Waals surface area contributed by atoms with E-state index >= 15 is 0 Å². The van der Waals surface area contributed by atoms with Crippen LogP contribution < -0.4 is 0 Å². The lowest BCUT2D eigenvalue weighted by Crippen LogP contribution is -2.08. The van der Waals surface area contributed by atoms with E-state index in [0.29, 0.717) is 0 Å². The molecule has 12 heavy (non-hydrogen) atoms. The van der Waals surface area contributed by atoms with Crippen LogP contribution in [0.3, 0.4) is 0 Å². The Hall–Kier alpha value is -1.27. The monoisotopic (exact) mass is 187 g/mol. The molecule has 0 aromatic rings. The molecule has 2 heterocycles. The van der Waals surface area contributed by atoms with Crippen molar-refractivity contribution in [2.24, 2.45) is 0 Å². The van der Waals surface area contributed by atoms with Crippen molar-refractivity contribution in [3.8, 4) is 0 Å². The Morgan fingerprint density at radius 1 is 1.25 bits per heavy atom. The van der Waals surface area contributed by atoms with E-state index in [1.165, 1.54) is 12.3 Å². The molecule has 1 fully saturated rings. The maximum absolute atomic E-state index is 10.7. The van der Waals surface area contributed by atoms with Gasteiger partial charge in [-0.15, -0.1) is 4.28 Å². The van der Waals surface area contributed by atoms with E-state index in [2.05, 4.69) is 8.47 Å². The van der Waals surface area contributed by atoms with Crippen LogP contribution in [-0.2, 0) is 18.9 Å². The minimum atomic E-state index is -3.87. The summed E-state index contributed by atoms with van der Waals surface area (Å²) >= 11 is 0. The first-order valence-corrected chi connectivity index (χ1v) is 4.49. The van der Waals surface area contributed by atoms with Gasteiger partial charge in [0.25, 0.3) is 0 Å². The second-order valence-electron chi connectivity index (χ2n) is 2.12. The van der Waals surface area contributed by atoms with Gasteiger partial charge in [0.15, 0.2) is 0 Å². The normalized spacial score (nSPS) is 24.3. The number of hydroxylamine groups is 2. The van der Waals surface area contributed by atoms with Crippen LogP contribution in [0, 0.1) is 0 Å².